The highest BCUT2D eigenvalue weighted by atomic mass is 35.5. The summed E-state index contributed by atoms with van der Waals surface area (Å²) >= 11 is 12.6. The third kappa shape index (κ3) is 5.51. The van der Waals surface area contributed by atoms with Crippen LogP contribution in [0, 0.1) is 5.82 Å². The lowest BCUT2D eigenvalue weighted by atomic mass is 10.1. The molecule has 2 aromatic carbocycles. The molecule has 0 saturated carbocycles. The van der Waals surface area contributed by atoms with Crippen LogP contribution in [0.3, 0.4) is 0 Å². The zero-order valence-electron chi connectivity index (χ0n) is 19.0. The first-order valence-electron chi connectivity index (χ1n) is 10.4. The van der Waals surface area contributed by atoms with E-state index in [0.29, 0.717) is 0 Å². The first-order valence-corrected chi connectivity index (χ1v) is 11.1. The van der Waals surface area contributed by atoms with Crippen molar-refractivity contribution in [1.82, 2.24) is 4.57 Å². The number of hydrogen-bond donors (Lipinski definition) is 1. The van der Waals surface area contributed by atoms with Crippen LogP contribution < -0.4 is 5.32 Å². The minimum atomic E-state index is -0.867. The number of anilines is 1. The monoisotopic (exact) mass is 508 g/mol. The van der Waals surface area contributed by atoms with Gasteiger partial charge in [0.2, 0.25) is 0 Å². The summed E-state index contributed by atoms with van der Waals surface area (Å²) in [6.07, 6.45) is -0.850. The summed E-state index contributed by atoms with van der Waals surface area (Å²) in [6.45, 7) is 6.43. The summed E-state index contributed by atoms with van der Waals surface area (Å²) in [5, 5.41) is 3.56. The molecule has 7 nitrogen and oxygen atoms in total. The Balaban J connectivity index is 2.17. The van der Waals surface area contributed by atoms with E-state index in [2.05, 4.69) is 5.32 Å². The number of nitrogens with zero attached hydrogens (tertiary/aromatic N) is 1. The third-order valence-corrected chi connectivity index (χ3v) is 5.14. The van der Waals surface area contributed by atoms with E-state index in [9.17, 15) is 18.8 Å². The van der Waals surface area contributed by atoms with Crippen molar-refractivity contribution in [3.63, 3.8) is 0 Å². The fourth-order valence-electron chi connectivity index (χ4n) is 3.30. The molecule has 1 aromatic heterocycles. The minimum Gasteiger partial charge on any atom is -0.461 e. The van der Waals surface area contributed by atoms with Gasteiger partial charge in [-0.2, -0.15) is 0 Å². The van der Waals surface area contributed by atoms with E-state index in [1.54, 1.807) is 27.7 Å². The summed E-state index contributed by atoms with van der Waals surface area (Å²) in [6, 6.07) is 7.95. The number of hydrogen-bond acceptors (Lipinski definition) is 6. The highest BCUT2D eigenvalue weighted by molar-refractivity contribution is 6.40. The Morgan fingerprint density at radius 3 is 2.32 bits per heavy atom. The van der Waals surface area contributed by atoms with Gasteiger partial charge >= 0.3 is 12.1 Å². The third-order valence-electron chi connectivity index (χ3n) is 4.62. The number of ether oxygens (including phenoxy) is 2. The molecule has 0 aliphatic rings. The molecule has 0 radical (unpaired) electrons. The molecule has 1 N–H and O–H groups in total. The van der Waals surface area contributed by atoms with Crippen LogP contribution >= 0.6 is 23.2 Å². The molecule has 0 aliphatic heterocycles. The van der Waals surface area contributed by atoms with Gasteiger partial charge in [0.15, 0.2) is 11.5 Å². The minimum absolute atomic E-state index is 0.0388. The van der Waals surface area contributed by atoms with Crippen molar-refractivity contribution in [3.8, 4) is 0 Å². The average molecular weight is 509 g/mol. The first-order chi connectivity index (χ1) is 15.9. The molecule has 1 heterocycles. The topological polar surface area (TPSA) is 86.6 Å². The zero-order valence-corrected chi connectivity index (χ0v) is 20.5. The smallest absolute Gasteiger partial charge is 0.419 e. The predicted octanol–water partition coefficient (Wildman–Crippen LogP) is 6.34. The van der Waals surface area contributed by atoms with Crippen molar-refractivity contribution in [2.24, 2.45) is 0 Å². The van der Waals surface area contributed by atoms with Gasteiger partial charge in [0.25, 0.3) is 0 Å². The normalized spacial score (nSPS) is 11.4. The number of aromatic nitrogens is 1. The number of ketones is 1. The summed E-state index contributed by atoms with van der Waals surface area (Å²) in [5.41, 5.74) is -0.490. The van der Waals surface area contributed by atoms with Gasteiger partial charge in [-0.05, 0) is 64.1 Å². The fraction of sp³-hybridized carbons (Fsp3) is 0.292. The molecule has 0 fully saturated rings. The van der Waals surface area contributed by atoms with Gasteiger partial charge in [-0.25, -0.2) is 18.5 Å². The van der Waals surface area contributed by atoms with Gasteiger partial charge in [-0.15, -0.1) is 0 Å². The van der Waals surface area contributed by atoms with E-state index in [1.165, 1.54) is 36.4 Å². The van der Waals surface area contributed by atoms with Crippen LogP contribution in [0.5, 0.6) is 0 Å². The van der Waals surface area contributed by atoms with E-state index in [-0.39, 0.29) is 56.8 Å². The molecule has 0 saturated heterocycles. The van der Waals surface area contributed by atoms with Crippen molar-refractivity contribution in [2.45, 2.75) is 33.3 Å². The van der Waals surface area contributed by atoms with Crippen molar-refractivity contribution < 1.29 is 28.2 Å². The van der Waals surface area contributed by atoms with Crippen LogP contribution in [0.15, 0.2) is 36.4 Å². The Kier molecular flexibility index (Phi) is 7.53. The number of carbonyl (C=O) groups excluding carboxylic acids is 3. The lowest BCUT2D eigenvalue weighted by Crippen LogP contribution is -2.29. The Morgan fingerprint density at radius 1 is 1.09 bits per heavy atom. The van der Waals surface area contributed by atoms with Gasteiger partial charge in [0, 0.05) is 16.0 Å². The Bertz CT molecular complexity index is 1260. The molecule has 34 heavy (non-hydrogen) atoms. The predicted molar refractivity (Wildman–Crippen MR) is 129 cm³/mol. The maximum absolute atomic E-state index is 13.2. The van der Waals surface area contributed by atoms with Crippen molar-refractivity contribution in [3.05, 3.63) is 63.5 Å². The van der Waals surface area contributed by atoms with Gasteiger partial charge in [0.05, 0.1) is 29.4 Å². The second-order valence-electron chi connectivity index (χ2n) is 8.33. The molecule has 180 valence electrons. The van der Waals surface area contributed by atoms with Crippen LogP contribution in [0.2, 0.25) is 10.0 Å². The average Bonchev–Trinajstić information content (AvgIpc) is 3.06. The van der Waals surface area contributed by atoms with Gasteiger partial charge in [-0.1, -0.05) is 23.2 Å². The number of nitrogens with one attached hydrogen (secondary N) is 1. The summed E-state index contributed by atoms with van der Waals surface area (Å²) in [5.74, 6) is -1.68. The van der Waals surface area contributed by atoms with E-state index >= 15 is 0 Å². The second-order valence-corrected chi connectivity index (χ2v) is 9.17. The van der Waals surface area contributed by atoms with Crippen LogP contribution in [-0.4, -0.2) is 41.2 Å². The number of benzene rings is 2. The van der Waals surface area contributed by atoms with Crippen LogP contribution in [0.25, 0.3) is 10.9 Å². The molecule has 0 aliphatic carbocycles. The molecule has 0 spiro atoms. The summed E-state index contributed by atoms with van der Waals surface area (Å²) < 4.78 is 24.9. The molecule has 0 atom stereocenters. The summed E-state index contributed by atoms with van der Waals surface area (Å²) in [7, 11) is 0. The molecule has 0 bridgehead atoms. The molecule has 3 aromatic rings. The fourth-order valence-corrected chi connectivity index (χ4v) is 3.88. The maximum Gasteiger partial charge on any atom is 0.419 e. The lowest BCUT2D eigenvalue weighted by molar-refractivity contribution is 0.0455. The largest absolute Gasteiger partial charge is 0.461 e. The molecular weight excluding hydrogens is 486 g/mol. The van der Waals surface area contributed by atoms with Crippen LogP contribution in [0.4, 0.5) is 14.9 Å². The quantitative estimate of drug-likeness (QED) is 0.308. The number of rotatable bonds is 6. The van der Waals surface area contributed by atoms with Gasteiger partial charge < -0.3 is 14.8 Å². The van der Waals surface area contributed by atoms with Crippen molar-refractivity contribution >= 4 is 57.6 Å². The Morgan fingerprint density at radius 2 is 1.74 bits per heavy atom. The number of esters is 1. The highest BCUT2D eigenvalue weighted by Crippen LogP contribution is 2.39. The number of carbonyl (C=O) groups is 3. The van der Waals surface area contributed by atoms with Crippen molar-refractivity contribution in [1.29, 1.82) is 0 Å². The number of Topliss-reactive ketones (excluding diaryl/α,β-unsaturated/α-hetero) is 1. The Hall–Kier alpha value is -3.10. The van der Waals surface area contributed by atoms with Crippen LogP contribution in [-0.2, 0) is 9.47 Å². The van der Waals surface area contributed by atoms with Crippen LogP contribution in [0.1, 0.15) is 48.5 Å². The number of halogens is 3. The number of fused-ring (bicyclic) bond motifs is 1. The van der Waals surface area contributed by atoms with E-state index in [4.69, 9.17) is 32.7 Å². The first kappa shape index (κ1) is 25.5. The van der Waals surface area contributed by atoms with E-state index < -0.39 is 23.5 Å². The second kappa shape index (κ2) is 10.0. The lowest BCUT2D eigenvalue weighted by Gasteiger charge is -2.20. The molecule has 3 rings (SSSR count). The molecule has 10 heteroatoms. The highest BCUT2D eigenvalue weighted by Gasteiger charge is 2.32. The zero-order chi connectivity index (χ0) is 25.2. The SMILES string of the molecule is CCOC(=O)c1c(NCC(=O)c2ccc(F)cc2)c2c(Cl)cc(Cl)cc2n1C(=O)OC(C)(C)C. The van der Waals surface area contributed by atoms with Gasteiger partial charge in [0.1, 0.15) is 11.4 Å². The summed E-state index contributed by atoms with van der Waals surface area (Å²) in [4.78, 5) is 38.8. The molecule has 0 unspecified atom stereocenters. The Labute approximate surface area is 205 Å². The molecule has 0 amide bonds. The van der Waals surface area contributed by atoms with E-state index in [1.807, 2.05) is 0 Å². The standard InChI is InChI=1S/C24H23Cl2FN2O5/c1-5-33-22(31)21-20(28-12-18(30)13-6-8-15(27)9-7-13)19-16(26)10-14(25)11-17(19)29(21)23(32)34-24(2,3)4/h6-11,28H,5,12H2,1-4H3. The maximum atomic E-state index is 13.2. The molecular formula is C24H23Cl2FN2O5. The van der Waals surface area contributed by atoms with E-state index in [0.717, 1.165) is 4.57 Å². The van der Waals surface area contributed by atoms with Gasteiger partial charge in [-0.3, -0.25) is 4.79 Å². The van der Waals surface area contributed by atoms with Crippen molar-refractivity contribution in [2.75, 3.05) is 18.5 Å².